The molecule has 0 aliphatic rings. The fourth-order valence-corrected chi connectivity index (χ4v) is 2.65. The van der Waals surface area contributed by atoms with Crippen LogP contribution >= 0.6 is 0 Å². The number of likely N-dealkylation sites (N-methyl/N-ethyl adjacent to an activating group) is 1. The van der Waals surface area contributed by atoms with E-state index in [1.807, 2.05) is 55.4 Å². The van der Waals surface area contributed by atoms with Gasteiger partial charge in [-0.25, -0.2) is 4.39 Å². The molecule has 6 nitrogen and oxygen atoms in total. The molecule has 1 atom stereocenters. The molecule has 1 amide bonds. The number of carbonyl (C=O) groups excluding carboxylic acids is 1. The highest BCUT2D eigenvalue weighted by atomic mass is 19.1. The van der Waals surface area contributed by atoms with Gasteiger partial charge in [0, 0.05) is 6.54 Å². The van der Waals surface area contributed by atoms with E-state index in [2.05, 4.69) is 15.5 Å². The van der Waals surface area contributed by atoms with Gasteiger partial charge in [0.05, 0.1) is 17.9 Å². The number of amides is 1. The maximum Gasteiger partial charge on any atom is 0.273 e. The van der Waals surface area contributed by atoms with Crippen LogP contribution in [0, 0.1) is 5.82 Å². The van der Waals surface area contributed by atoms with Crippen molar-refractivity contribution in [3.63, 3.8) is 0 Å². The molecule has 26 heavy (non-hydrogen) atoms. The first kappa shape index (κ1) is 17.8. The van der Waals surface area contributed by atoms with E-state index >= 15 is 0 Å². The van der Waals surface area contributed by atoms with Gasteiger partial charge in [0.2, 0.25) is 0 Å². The van der Waals surface area contributed by atoms with E-state index in [1.165, 1.54) is 23.1 Å². The van der Waals surface area contributed by atoms with E-state index in [4.69, 9.17) is 0 Å². The van der Waals surface area contributed by atoms with Crippen LogP contribution in [0.3, 0.4) is 0 Å². The summed E-state index contributed by atoms with van der Waals surface area (Å²) in [6, 6.07) is 15.6. The van der Waals surface area contributed by atoms with Gasteiger partial charge in [0.15, 0.2) is 5.69 Å². The van der Waals surface area contributed by atoms with Crippen LogP contribution in [0.25, 0.3) is 5.69 Å². The van der Waals surface area contributed by atoms with Crippen molar-refractivity contribution in [2.45, 2.75) is 6.04 Å². The summed E-state index contributed by atoms with van der Waals surface area (Å²) in [4.78, 5) is 15.7. The Hall–Kier alpha value is -3.06. The maximum atomic E-state index is 13.5. The number of nitrogens with one attached hydrogen (secondary N) is 1. The summed E-state index contributed by atoms with van der Waals surface area (Å²) in [5.74, 6) is -0.623. The molecule has 0 fully saturated rings. The van der Waals surface area contributed by atoms with Crippen molar-refractivity contribution in [2.24, 2.45) is 0 Å². The molecular formula is C19H20FN5O. The minimum atomic E-state index is -0.324. The Morgan fingerprint density at radius 2 is 1.96 bits per heavy atom. The first-order valence-corrected chi connectivity index (χ1v) is 8.22. The van der Waals surface area contributed by atoms with Gasteiger partial charge in [0.25, 0.3) is 5.91 Å². The largest absolute Gasteiger partial charge is 0.349 e. The first-order chi connectivity index (χ1) is 12.5. The number of aromatic nitrogens is 3. The van der Waals surface area contributed by atoms with Crippen molar-refractivity contribution >= 4 is 5.91 Å². The predicted octanol–water partition coefficient (Wildman–Crippen LogP) is 2.44. The van der Waals surface area contributed by atoms with Crippen LogP contribution in [0.15, 0.2) is 60.8 Å². The molecule has 0 radical (unpaired) electrons. The number of halogens is 1. The summed E-state index contributed by atoms with van der Waals surface area (Å²) in [5.41, 5.74) is 1.80. The van der Waals surface area contributed by atoms with Gasteiger partial charge in [-0.3, -0.25) is 4.79 Å². The Labute approximate surface area is 151 Å². The van der Waals surface area contributed by atoms with E-state index < -0.39 is 0 Å². The SMILES string of the molecule is CN(C)C(CNC(=O)c1cnn(-c2ccccc2)n1)c1cccc(F)c1. The van der Waals surface area contributed by atoms with Crippen LogP contribution in [0.2, 0.25) is 0 Å². The first-order valence-electron chi connectivity index (χ1n) is 8.22. The molecule has 0 spiro atoms. The van der Waals surface area contributed by atoms with Gasteiger partial charge < -0.3 is 10.2 Å². The summed E-state index contributed by atoms with van der Waals surface area (Å²) in [6.07, 6.45) is 1.43. The molecule has 0 saturated carbocycles. The normalized spacial score (nSPS) is 12.2. The third kappa shape index (κ3) is 4.12. The number of hydrogen-bond acceptors (Lipinski definition) is 4. The van der Waals surface area contributed by atoms with E-state index in [0.29, 0.717) is 6.54 Å². The van der Waals surface area contributed by atoms with Crippen molar-refractivity contribution in [1.29, 1.82) is 0 Å². The molecular weight excluding hydrogens is 333 g/mol. The molecule has 0 saturated heterocycles. The van der Waals surface area contributed by atoms with Gasteiger partial charge >= 0.3 is 0 Å². The van der Waals surface area contributed by atoms with Gasteiger partial charge in [-0.15, -0.1) is 5.10 Å². The number of benzene rings is 2. The second-order valence-corrected chi connectivity index (χ2v) is 6.10. The molecule has 2 aromatic carbocycles. The third-order valence-electron chi connectivity index (χ3n) is 4.02. The third-order valence-corrected chi connectivity index (χ3v) is 4.02. The second-order valence-electron chi connectivity index (χ2n) is 6.10. The fraction of sp³-hybridized carbons (Fsp3) is 0.211. The molecule has 134 valence electrons. The predicted molar refractivity (Wildman–Crippen MR) is 96.5 cm³/mol. The number of nitrogens with zero attached hydrogens (tertiary/aromatic N) is 4. The summed E-state index contributed by atoms with van der Waals surface area (Å²) in [6.45, 7) is 0.327. The minimum absolute atomic E-state index is 0.154. The Morgan fingerprint density at radius 1 is 1.19 bits per heavy atom. The number of para-hydroxylation sites is 1. The summed E-state index contributed by atoms with van der Waals surface area (Å²) < 4.78 is 13.5. The van der Waals surface area contributed by atoms with Crippen LogP contribution in [0.4, 0.5) is 4.39 Å². The molecule has 1 N–H and O–H groups in total. The number of carbonyl (C=O) groups is 1. The Bertz CT molecular complexity index is 878. The van der Waals surface area contributed by atoms with Gasteiger partial charge in [-0.2, -0.15) is 9.90 Å². The smallest absolute Gasteiger partial charge is 0.273 e. The van der Waals surface area contributed by atoms with Crippen molar-refractivity contribution in [3.05, 3.63) is 77.9 Å². The van der Waals surface area contributed by atoms with Crippen molar-refractivity contribution in [1.82, 2.24) is 25.2 Å². The van der Waals surface area contributed by atoms with Crippen LogP contribution in [0.5, 0.6) is 0 Å². The molecule has 0 aliphatic heterocycles. The average molecular weight is 353 g/mol. The zero-order valence-electron chi connectivity index (χ0n) is 14.6. The number of rotatable bonds is 6. The van der Waals surface area contributed by atoms with Crippen LogP contribution in [0.1, 0.15) is 22.1 Å². The molecule has 1 heterocycles. The second kappa shape index (κ2) is 7.88. The lowest BCUT2D eigenvalue weighted by Gasteiger charge is -2.25. The lowest BCUT2D eigenvalue weighted by atomic mass is 10.1. The van der Waals surface area contributed by atoms with Gasteiger partial charge in [-0.1, -0.05) is 30.3 Å². The van der Waals surface area contributed by atoms with Gasteiger partial charge in [0.1, 0.15) is 5.82 Å². The molecule has 3 rings (SSSR count). The van der Waals surface area contributed by atoms with Crippen LogP contribution < -0.4 is 5.32 Å². The summed E-state index contributed by atoms with van der Waals surface area (Å²) >= 11 is 0. The molecule has 7 heteroatoms. The monoisotopic (exact) mass is 353 g/mol. The molecule has 0 bridgehead atoms. The topological polar surface area (TPSA) is 63.1 Å². The van der Waals surface area contributed by atoms with Crippen molar-refractivity contribution in [2.75, 3.05) is 20.6 Å². The minimum Gasteiger partial charge on any atom is -0.349 e. The molecule has 1 unspecified atom stereocenters. The van der Waals surface area contributed by atoms with Gasteiger partial charge in [-0.05, 0) is 43.9 Å². The summed E-state index contributed by atoms with van der Waals surface area (Å²) in [7, 11) is 3.76. The van der Waals surface area contributed by atoms with Crippen LogP contribution in [-0.2, 0) is 0 Å². The lowest BCUT2D eigenvalue weighted by Crippen LogP contribution is -2.34. The summed E-state index contributed by atoms with van der Waals surface area (Å²) in [5, 5.41) is 11.2. The van der Waals surface area contributed by atoms with E-state index in [1.54, 1.807) is 6.07 Å². The zero-order chi connectivity index (χ0) is 18.5. The lowest BCUT2D eigenvalue weighted by molar-refractivity contribution is 0.0936. The maximum absolute atomic E-state index is 13.5. The Kier molecular flexibility index (Phi) is 5.38. The average Bonchev–Trinajstić information content (AvgIpc) is 3.12. The molecule has 3 aromatic rings. The van der Waals surface area contributed by atoms with E-state index in [9.17, 15) is 9.18 Å². The van der Waals surface area contributed by atoms with E-state index in [-0.39, 0.29) is 23.5 Å². The Morgan fingerprint density at radius 3 is 2.65 bits per heavy atom. The van der Waals surface area contributed by atoms with Crippen molar-refractivity contribution in [3.8, 4) is 5.69 Å². The fourth-order valence-electron chi connectivity index (χ4n) is 2.65. The highest BCUT2D eigenvalue weighted by Crippen LogP contribution is 2.18. The highest BCUT2D eigenvalue weighted by molar-refractivity contribution is 5.91. The highest BCUT2D eigenvalue weighted by Gasteiger charge is 2.18. The Balaban J connectivity index is 1.68. The zero-order valence-corrected chi connectivity index (χ0v) is 14.6. The van der Waals surface area contributed by atoms with Crippen LogP contribution in [-0.4, -0.2) is 46.4 Å². The van der Waals surface area contributed by atoms with Crippen molar-refractivity contribution < 1.29 is 9.18 Å². The quantitative estimate of drug-likeness (QED) is 0.739. The standard InChI is InChI=1S/C19H20FN5O/c1-24(2)18(14-7-6-8-15(20)11-14)13-21-19(26)17-12-22-25(23-17)16-9-4-3-5-10-16/h3-12,18H,13H2,1-2H3,(H,21,26). The van der Waals surface area contributed by atoms with E-state index in [0.717, 1.165) is 11.3 Å². The number of hydrogen-bond donors (Lipinski definition) is 1. The molecule has 1 aromatic heterocycles. The molecule has 0 aliphatic carbocycles.